The number of methoxy groups -OCH3 is 2. The second-order valence-electron chi connectivity index (χ2n) is 6.34. The summed E-state index contributed by atoms with van der Waals surface area (Å²) in [5, 5.41) is 0.488. The van der Waals surface area contributed by atoms with Crippen LogP contribution >= 0.6 is 11.8 Å². The minimum absolute atomic E-state index is 0.0519. The zero-order valence-corrected chi connectivity index (χ0v) is 17.6. The number of benzene rings is 2. The van der Waals surface area contributed by atoms with E-state index in [4.69, 9.17) is 9.47 Å². The number of thioether (sulfide) groups is 1. The number of Topliss-reactive ketones (excluding diaryl/α,β-unsaturated/α-hetero) is 1. The van der Waals surface area contributed by atoms with Gasteiger partial charge in [-0.3, -0.25) is 14.5 Å². The van der Waals surface area contributed by atoms with Gasteiger partial charge in [0.05, 0.1) is 20.0 Å². The van der Waals surface area contributed by atoms with Crippen LogP contribution < -0.4 is 9.47 Å². The van der Waals surface area contributed by atoms with Crippen molar-refractivity contribution in [1.29, 1.82) is 0 Å². The second-order valence-corrected chi connectivity index (χ2v) is 7.28. The zero-order valence-electron chi connectivity index (χ0n) is 16.8. The van der Waals surface area contributed by atoms with Gasteiger partial charge in [0, 0.05) is 12.1 Å². The standard InChI is InChI=1S/C23H22N2O4S/c1-4-13-25-22(27)20(14-16-5-9-18(28-2)10-6-16)24-23(25)30-15-21(26)17-7-11-19(29-3)12-8-17/h4-12,14H,1,13,15H2,2-3H3/b20-14-. The molecule has 30 heavy (non-hydrogen) atoms. The van der Waals surface area contributed by atoms with E-state index in [9.17, 15) is 9.59 Å². The van der Waals surface area contributed by atoms with Crippen LogP contribution in [-0.2, 0) is 4.79 Å². The minimum atomic E-state index is -0.217. The number of carbonyl (C=O) groups is 2. The molecule has 0 spiro atoms. The molecule has 1 aliphatic heterocycles. The molecular formula is C23H22N2O4S. The number of hydrogen-bond acceptors (Lipinski definition) is 6. The van der Waals surface area contributed by atoms with Crippen molar-refractivity contribution >= 4 is 34.7 Å². The fraction of sp³-hybridized carbons (Fsp3) is 0.174. The van der Waals surface area contributed by atoms with Crippen LogP contribution in [0.5, 0.6) is 11.5 Å². The Balaban J connectivity index is 1.75. The van der Waals surface area contributed by atoms with E-state index in [1.165, 1.54) is 16.7 Å². The van der Waals surface area contributed by atoms with E-state index >= 15 is 0 Å². The molecule has 0 N–H and O–H groups in total. The zero-order chi connectivity index (χ0) is 21.5. The number of nitrogens with zero attached hydrogens (tertiary/aromatic N) is 2. The number of rotatable bonds is 8. The quantitative estimate of drug-likeness (QED) is 0.365. The van der Waals surface area contributed by atoms with Gasteiger partial charge in [-0.1, -0.05) is 30.0 Å². The first kappa shape index (κ1) is 21.4. The summed E-state index contributed by atoms with van der Waals surface area (Å²) in [5.41, 5.74) is 1.74. The van der Waals surface area contributed by atoms with Gasteiger partial charge in [-0.05, 0) is 48.0 Å². The number of hydrogen-bond donors (Lipinski definition) is 0. The van der Waals surface area contributed by atoms with Crippen LogP contribution in [0.4, 0.5) is 0 Å². The average molecular weight is 423 g/mol. The molecule has 0 saturated heterocycles. The lowest BCUT2D eigenvalue weighted by molar-refractivity contribution is -0.122. The molecule has 3 rings (SSSR count). The SMILES string of the molecule is C=CCN1C(=O)/C(=C/c2ccc(OC)cc2)N=C1SCC(=O)c1ccc(OC)cc1. The van der Waals surface area contributed by atoms with Crippen LogP contribution in [0.1, 0.15) is 15.9 Å². The Morgan fingerprint density at radius 2 is 1.67 bits per heavy atom. The van der Waals surface area contributed by atoms with Crippen molar-refractivity contribution in [2.24, 2.45) is 4.99 Å². The molecular weight excluding hydrogens is 400 g/mol. The van der Waals surface area contributed by atoms with Crippen LogP contribution in [0.25, 0.3) is 6.08 Å². The Kier molecular flexibility index (Phi) is 7.08. The van der Waals surface area contributed by atoms with Gasteiger partial charge in [0.1, 0.15) is 17.2 Å². The molecule has 0 atom stereocenters. The topological polar surface area (TPSA) is 68.2 Å². The summed E-state index contributed by atoms with van der Waals surface area (Å²) in [6.45, 7) is 4.03. The smallest absolute Gasteiger partial charge is 0.278 e. The summed E-state index contributed by atoms with van der Waals surface area (Å²) < 4.78 is 10.3. The molecule has 2 aromatic carbocycles. The third kappa shape index (κ3) is 4.99. The normalized spacial score (nSPS) is 14.6. The molecule has 1 aliphatic rings. The molecule has 0 radical (unpaired) electrons. The Morgan fingerprint density at radius 3 is 2.23 bits per heavy atom. The number of carbonyl (C=O) groups excluding carboxylic acids is 2. The van der Waals surface area contributed by atoms with Crippen LogP contribution in [0.15, 0.2) is 71.9 Å². The second kappa shape index (κ2) is 9.93. The fourth-order valence-corrected chi connectivity index (χ4v) is 3.68. The van der Waals surface area contributed by atoms with Crippen molar-refractivity contribution in [3.63, 3.8) is 0 Å². The van der Waals surface area contributed by atoms with Crippen molar-refractivity contribution in [2.75, 3.05) is 26.5 Å². The first-order valence-electron chi connectivity index (χ1n) is 9.23. The van der Waals surface area contributed by atoms with E-state index < -0.39 is 0 Å². The highest BCUT2D eigenvalue weighted by atomic mass is 32.2. The van der Waals surface area contributed by atoms with Crippen LogP contribution in [-0.4, -0.2) is 48.3 Å². The lowest BCUT2D eigenvalue weighted by Crippen LogP contribution is -2.31. The van der Waals surface area contributed by atoms with Gasteiger partial charge >= 0.3 is 0 Å². The van der Waals surface area contributed by atoms with E-state index in [1.807, 2.05) is 24.3 Å². The van der Waals surface area contributed by atoms with Crippen molar-refractivity contribution in [2.45, 2.75) is 0 Å². The number of ether oxygens (including phenoxy) is 2. The average Bonchev–Trinajstić information content (AvgIpc) is 3.07. The predicted octanol–water partition coefficient (Wildman–Crippen LogP) is 4.05. The first-order chi connectivity index (χ1) is 14.5. The van der Waals surface area contributed by atoms with Crippen molar-refractivity contribution in [3.8, 4) is 11.5 Å². The van der Waals surface area contributed by atoms with Crippen LogP contribution in [0.2, 0.25) is 0 Å². The highest BCUT2D eigenvalue weighted by Crippen LogP contribution is 2.25. The summed E-state index contributed by atoms with van der Waals surface area (Å²) in [6, 6.07) is 14.3. The minimum Gasteiger partial charge on any atom is -0.497 e. The number of amidine groups is 1. The Bertz CT molecular complexity index is 995. The van der Waals surface area contributed by atoms with Gasteiger partial charge in [0.2, 0.25) is 0 Å². The van der Waals surface area contributed by atoms with E-state index in [0.29, 0.717) is 28.7 Å². The molecule has 0 unspecified atom stereocenters. The van der Waals surface area contributed by atoms with Gasteiger partial charge < -0.3 is 9.47 Å². The molecule has 7 heteroatoms. The summed E-state index contributed by atoms with van der Waals surface area (Å²) in [6.07, 6.45) is 3.35. The van der Waals surface area contributed by atoms with E-state index in [1.54, 1.807) is 50.6 Å². The maximum atomic E-state index is 12.8. The summed E-state index contributed by atoms with van der Waals surface area (Å²) in [4.78, 5) is 31.3. The van der Waals surface area contributed by atoms with Gasteiger partial charge in [-0.2, -0.15) is 0 Å². The Labute approximate surface area is 179 Å². The van der Waals surface area contributed by atoms with Gasteiger partial charge in [0.15, 0.2) is 11.0 Å². The van der Waals surface area contributed by atoms with Crippen molar-refractivity contribution in [3.05, 3.63) is 78.0 Å². The van der Waals surface area contributed by atoms with E-state index in [-0.39, 0.29) is 17.4 Å². The van der Waals surface area contributed by atoms with Crippen molar-refractivity contribution in [1.82, 2.24) is 4.90 Å². The van der Waals surface area contributed by atoms with Crippen molar-refractivity contribution < 1.29 is 19.1 Å². The summed E-state index contributed by atoms with van der Waals surface area (Å²) in [7, 11) is 3.18. The Hall–Kier alpha value is -3.32. The largest absolute Gasteiger partial charge is 0.497 e. The van der Waals surface area contributed by atoms with E-state index in [2.05, 4.69) is 11.6 Å². The molecule has 0 bridgehead atoms. The number of amides is 1. The van der Waals surface area contributed by atoms with E-state index in [0.717, 1.165) is 11.3 Å². The molecule has 1 amide bonds. The highest BCUT2D eigenvalue weighted by molar-refractivity contribution is 8.14. The molecule has 0 fully saturated rings. The van der Waals surface area contributed by atoms with Gasteiger partial charge in [-0.15, -0.1) is 6.58 Å². The van der Waals surface area contributed by atoms with Gasteiger partial charge in [-0.25, -0.2) is 4.99 Å². The molecule has 0 aromatic heterocycles. The lowest BCUT2D eigenvalue weighted by Gasteiger charge is -2.15. The summed E-state index contributed by atoms with van der Waals surface area (Å²) in [5.74, 6) is 1.33. The molecule has 0 saturated carbocycles. The first-order valence-corrected chi connectivity index (χ1v) is 10.2. The third-order valence-electron chi connectivity index (χ3n) is 4.39. The summed E-state index contributed by atoms with van der Waals surface area (Å²) >= 11 is 1.23. The third-order valence-corrected chi connectivity index (χ3v) is 5.36. The molecule has 0 aliphatic carbocycles. The van der Waals surface area contributed by atoms with Crippen LogP contribution in [0, 0.1) is 0 Å². The van der Waals surface area contributed by atoms with Gasteiger partial charge in [0.25, 0.3) is 5.91 Å². The Morgan fingerprint density at radius 1 is 1.07 bits per heavy atom. The van der Waals surface area contributed by atoms with Crippen LogP contribution in [0.3, 0.4) is 0 Å². The monoisotopic (exact) mass is 422 g/mol. The molecule has 2 aromatic rings. The molecule has 154 valence electrons. The maximum Gasteiger partial charge on any atom is 0.278 e. The highest BCUT2D eigenvalue weighted by Gasteiger charge is 2.30. The maximum absolute atomic E-state index is 12.8. The predicted molar refractivity (Wildman–Crippen MR) is 120 cm³/mol. The lowest BCUT2D eigenvalue weighted by atomic mass is 10.1. The molecule has 6 nitrogen and oxygen atoms in total. The number of aliphatic imine (C=N–C) groups is 1. The molecule has 1 heterocycles. The number of ketones is 1. The fourth-order valence-electron chi connectivity index (χ4n) is 2.78.